The van der Waals surface area contributed by atoms with E-state index in [-0.39, 0.29) is 0 Å². The average Bonchev–Trinajstić information content (AvgIpc) is 2.46. The van der Waals surface area contributed by atoms with Gasteiger partial charge in [-0.25, -0.2) is 8.78 Å². The SMILES string of the molecule is O=C(c1c(F)cccc1F)N1CCc2ccccc2C1. The fraction of sp³-hybridized carbons (Fsp3) is 0.188. The molecule has 0 fully saturated rings. The maximum absolute atomic E-state index is 13.7. The second kappa shape index (κ2) is 5.04. The molecular weight excluding hydrogens is 260 g/mol. The molecule has 20 heavy (non-hydrogen) atoms. The highest BCUT2D eigenvalue weighted by atomic mass is 19.1. The Morgan fingerprint density at radius 2 is 1.60 bits per heavy atom. The van der Waals surface area contributed by atoms with Crippen LogP contribution in [-0.2, 0) is 13.0 Å². The third-order valence-electron chi connectivity index (χ3n) is 3.59. The van der Waals surface area contributed by atoms with Gasteiger partial charge in [0.05, 0.1) is 0 Å². The summed E-state index contributed by atoms with van der Waals surface area (Å²) < 4.78 is 27.3. The number of carbonyl (C=O) groups is 1. The number of nitrogens with zero attached hydrogens (tertiary/aromatic N) is 1. The minimum atomic E-state index is -0.811. The Bertz CT molecular complexity index is 649. The van der Waals surface area contributed by atoms with Crippen LogP contribution in [0.5, 0.6) is 0 Å². The van der Waals surface area contributed by atoms with E-state index in [4.69, 9.17) is 0 Å². The quantitative estimate of drug-likeness (QED) is 0.781. The summed E-state index contributed by atoms with van der Waals surface area (Å²) in [5.74, 6) is -2.21. The van der Waals surface area contributed by atoms with Crippen LogP contribution < -0.4 is 0 Å². The molecule has 2 aromatic rings. The molecule has 1 aliphatic heterocycles. The van der Waals surface area contributed by atoms with Crippen molar-refractivity contribution in [1.82, 2.24) is 4.90 Å². The first-order valence-electron chi connectivity index (χ1n) is 6.47. The molecule has 0 spiro atoms. The first-order chi connectivity index (χ1) is 9.66. The summed E-state index contributed by atoms with van der Waals surface area (Å²) in [7, 11) is 0. The lowest BCUT2D eigenvalue weighted by atomic mass is 9.99. The Hall–Kier alpha value is -2.23. The minimum Gasteiger partial charge on any atom is -0.334 e. The molecule has 2 aromatic carbocycles. The Morgan fingerprint density at radius 3 is 2.30 bits per heavy atom. The molecule has 102 valence electrons. The van der Waals surface area contributed by atoms with Crippen LogP contribution in [0.25, 0.3) is 0 Å². The van der Waals surface area contributed by atoms with E-state index in [1.54, 1.807) is 0 Å². The maximum atomic E-state index is 13.7. The van der Waals surface area contributed by atoms with Crippen LogP contribution in [-0.4, -0.2) is 17.4 Å². The predicted octanol–water partition coefficient (Wildman–Crippen LogP) is 3.16. The average molecular weight is 273 g/mol. The molecule has 0 aliphatic carbocycles. The third kappa shape index (κ3) is 2.18. The van der Waals surface area contributed by atoms with E-state index < -0.39 is 23.1 Å². The van der Waals surface area contributed by atoms with Crippen molar-refractivity contribution in [3.05, 3.63) is 70.8 Å². The molecule has 0 aromatic heterocycles. The summed E-state index contributed by atoms with van der Waals surface area (Å²) >= 11 is 0. The van der Waals surface area contributed by atoms with E-state index >= 15 is 0 Å². The Kier molecular flexibility index (Phi) is 3.22. The van der Waals surface area contributed by atoms with E-state index in [0.29, 0.717) is 19.5 Å². The molecule has 0 atom stereocenters. The van der Waals surface area contributed by atoms with Gasteiger partial charge in [-0.15, -0.1) is 0 Å². The van der Waals surface area contributed by atoms with Gasteiger partial charge in [0.1, 0.15) is 17.2 Å². The first kappa shape index (κ1) is 12.8. The molecule has 0 saturated heterocycles. The van der Waals surface area contributed by atoms with Crippen LogP contribution in [0.4, 0.5) is 8.78 Å². The smallest absolute Gasteiger partial charge is 0.260 e. The van der Waals surface area contributed by atoms with E-state index in [9.17, 15) is 13.6 Å². The highest BCUT2D eigenvalue weighted by Gasteiger charge is 2.25. The summed E-state index contributed by atoms with van der Waals surface area (Å²) in [6.45, 7) is 0.867. The molecule has 4 heteroatoms. The predicted molar refractivity (Wildman–Crippen MR) is 71.2 cm³/mol. The van der Waals surface area contributed by atoms with Gasteiger partial charge < -0.3 is 4.90 Å². The summed E-state index contributed by atoms with van der Waals surface area (Å²) in [6, 6.07) is 11.3. The van der Waals surface area contributed by atoms with E-state index in [0.717, 1.165) is 17.7 Å². The number of hydrogen-bond acceptors (Lipinski definition) is 1. The fourth-order valence-electron chi connectivity index (χ4n) is 2.53. The van der Waals surface area contributed by atoms with Crippen molar-refractivity contribution in [2.75, 3.05) is 6.54 Å². The van der Waals surface area contributed by atoms with E-state index in [1.807, 2.05) is 24.3 Å². The molecule has 0 N–H and O–H groups in total. The summed E-state index contributed by atoms with van der Waals surface area (Å²) in [6.07, 6.45) is 0.706. The number of halogens is 2. The van der Waals surface area contributed by atoms with Crippen LogP contribution in [0, 0.1) is 11.6 Å². The summed E-state index contributed by atoms with van der Waals surface area (Å²) in [4.78, 5) is 13.8. The molecule has 0 unspecified atom stereocenters. The summed E-state index contributed by atoms with van der Waals surface area (Å²) in [5.41, 5.74) is 1.75. The van der Waals surface area contributed by atoms with Gasteiger partial charge >= 0.3 is 0 Å². The third-order valence-corrected chi connectivity index (χ3v) is 3.59. The lowest BCUT2D eigenvalue weighted by Gasteiger charge is -2.29. The van der Waals surface area contributed by atoms with Crippen molar-refractivity contribution in [2.24, 2.45) is 0 Å². The second-order valence-electron chi connectivity index (χ2n) is 4.84. The molecular formula is C16H13F2NO. The van der Waals surface area contributed by atoms with Crippen molar-refractivity contribution < 1.29 is 13.6 Å². The van der Waals surface area contributed by atoms with Gasteiger partial charge in [0.15, 0.2) is 0 Å². The number of benzene rings is 2. The zero-order chi connectivity index (χ0) is 14.1. The lowest BCUT2D eigenvalue weighted by molar-refractivity contribution is 0.0725. The summed E-state index contributed by atoms with van der Waals surface area (Å²) in [5, 5.41) is 0. The Balaban J connectivity index is 1.90. The highest BCUT2D eigenvalue weighted by Crippen LogP contribution is 2.22. The zero-order valence-electron chi connectivity index (χ0n) is 10.8. The molecule has 3 rings (SSSR count). The van der Waals surface area contributed by atoms with Crippen molar-refractivity contribution in [1.29, 1.82) is 0 Å². The van der Waals surface area contributed by atoms with Crippen LogP contribution in [0.1, 0.15) is 21.5 Å². The molecule has 1 heterocycles. The van der Waals surface area contributed by atoms with Gasteiger partial charge in [0.25, 0.3) is 5.91 Å². The number of amides is 1. The van der Waals surface area contributed by atoms with Gasteiger partial charge in [-0.1, -0.05) is 30.3 Å². The van der Waals surface area contributed by atoms with Crippen molar-refractivity contribution >= 4 is 5.91 Å². The van der Waals surface area contributed by atoms with Gasteiger partial charge in [-0.3, -0.25) is 4.79 Å². The van der Waals surface area contributed by atoms with Gasteiger partial charge in [-0.05, 0) is 29.7 Å². The van der Waals surface area contributed by atoms with Crippen molar-refractivity contribution in [2.45, 2.75) is 13.0 Å². The lowest BCUT2D eigenvalue weighted by Crippen LogP contribution is -2.36. The van der Waals surface area contributed by atoms with Crippen LogP contribution in [0.15, 0.2) is 42.5 Å². The minimum absolute atomic E-state index is 0.392. The Labute approximate surface area is 115 Å². The van der Waals surface area contributed by atoms with Crippen molar-refractivity contribution in [3.63, 3.8) is 0 Å². The maximum Gasteiger partial charge on any atom is 0.260 e. The molecule has 2 nitrogen and oxygen atoms in total. The fourth-order valence-corrected chi connectivity index (χ4v) is 2.53. The van der Waals surface area contributed by atoms with Crippen LogP contribution in [0.3, 0.4) is 0 Å². The van der Waals surface area contributed by atoms with Gasteiger partial charge in [0.2, 0.25) is 0 Å². The molecule has 0 bridgehead atoms. The molecule has 1 aliphatic rings. The monoisotopic (exact) mass is 273 g/mol. The Morgan fingerprint density at radius 1 is 0.950 bits per heavy atom. The number of fused-ring (bicyclic) bond motifs is 1. The highest BCUT2D eigenvalue weighted by molar-refractivity contribution is 5.94. The van der Waals surface area contributed by atoms with Gasteiger partial charge in [0, 0.05) is 13.1 Å². The van der Waals surface area contributed by atoms with Crippen LogP contribution >= 0.6 is 0 Å². The molecule has 0 saturated carbocycles. The normalized spacial score (nSPS) is 14.0. The zero-order valence-corrected chi connectivity index (χ0v) is 10.8. The molecule has 1 amide bonds. The number of rotatable bonds is 1. The van der Waals surface area contributed by atoms with E-state index in [2.05, 4.69) is 0 Å². The first-order valence-corrected chi connectivity index (χ1v) is 6.47. The van der Waals surface area contributed by atoms with Crippen molar-refractivity contribution in [3.8, 4) is 0 Å². The number of carbonyl (C=O) groups excluding carboxylic acids is 1. The van der Waals surface area contributed by atoms with Crippen LogP contribution in [0.2, 0.25) is 0 Å². The number of hydrogen-bond donors (Lipinski definition) is 0. The van der Waals surface area contributed by atoms with Gasteiger partial charge in [-0.2, -0.15) is 0 Å². The second-order valence-corrected chi connectivity index (χ2v) is 4.84. The van der Waals surface area contributed by atoms with E-state index in [1.165, 1.54) is 16.5 Å². The topological polar surface area (TPSA) is 20.3 Å². The molecule has 0 radical (unpaired) electrons. The largest absolute Gasteiger partial charge is 0.334 e. The standard InChI is InChI=1S/C16H13F2NO/c17-13-6-3-7-14(18)15(13)16(20)19-9-8-11-4-1-2-5-12(11)10-19/h1-7H,8-10H2.